The van der Waals surface area contributed by atoms with Crippen molar-refractivity contribution < 1.29 is 14.3 Å². The first kappa shape index (κ1) is 22.0. The highest BCUT2D eigenvalue weighted by Crippen LogP contribution is 2.47. The van der Waals surface area contributed by atoms with E-state index in [1.54, 1.807) is 60.7 Å². The highest BCUT2D eigenvalue weighted by molar-refractivity contribution is 6.36. The number of carbonyl (C=O) groups excluding carboxylic acids is 1. The van der Waals surface area contributed by atoms with Crippen LogP contribution >= 0.6 is 34.8 Å². The van der Waals surface area contributed by atoms with Crippen LogP contribution in [0.3, 0.4) is 0 Å². The van der Waals surface area contributed by atoms with Gasteiger partial charge in [-0.05, 0) is 35.9 Å². The van der Waals surface area contributed by atoms with Gasteiger partial charge in [-0.1, -0.05) is 59.1 Å². The molecule has 8 heteroatoms. The zero-order valence-corrected chi connectivity index (χ0v) is 18.7. The first-order chi connectivity index (χ1) is 15.4. The predicted octanol–water partition coefficient (Wildman–Crippen LogP) is 6.01. The Labute approximate surface area is 199 Å². The Morgan fingerprint density at radius 1 is 1.06 bits per heavy atom. The smallest absolute Gasteiger partial charge is 0.315 e. The van der Waals surface area contributed by atoms with E-state index >= 15 is 0 Å². The van der Waals surface area contributed by atoms with Crippen molar-refractivity contribution in [1.29, 1.82) is 5.26 Å². The van der Waals surface area contributed by atoms with E-state index < -0.39 is 11.9 Å². The zero-order chi connectivity index (χ0) is 22.8. The molecule has 32 heavy (non-hydrogen) atoms. The third kappa shape index (κ3) is 4.39. The highest BCUT2D eigenvalue weighted by atomic mass is 35.5. The molecular formula is C24H15Cl3N2O3. The number of nitriles is 1. The molecule has 0 saturated carbocycles. The van der Waals surface area contributed by atoms with E-state index in [2.05, 4.69) is 6.07 Å². The maximum Gasteiger partial charge on any atom is 0.315 e. The molecule has 160 valence electrons. The first-order valence-corrected chi connectivity index (χ1v) is 10.6. The van der Waals surface area contributed by atoms with Gasteiger partial charge in [0.2, 0.25) is 5.88 Å². The molecule has 1 heterocycles. The summed E-state index contributed by atoms with van der Waals surface area (Å²) in [5, 5.41) is 11.1. The van der Waals surface area contributed by atoms with E-state index in [0.717, 1.165) is 5.56 Å². The molecule has 4 rings (SSSR count). The molecule has 0 saturated heterocycles. The molecule has 0 radical (unpaired) electrons. The van der Waals surface area contributed by atoms with E-state index in [1.165, 1.54) is 0 Å². The van der Waals surface area contributed by atoms with Crippen LogP contribution in [0.4, 0.5) is 0 Å². The summed E-state index contributed by atoms with van der Waals surface area (Å²) < 4.78 is 11.1. The molecular weight excluding hydrogens is 471 g/mol. The van der Waals surface area contributed by atoms with Gasteiger partial charge in [-0.15, -0.1) is 0 Å². The van der Waals surface area contributed by atoms with Gasteiger partial charge in [0.05, 0.1) is 12.3 Å². The second-order valence-electron chi connectivity index (χ2n) is 7.04. The number of ether oxygens (including phenoxy) is 2. The minimum absolute atomic E-state index is 0.0642. The maximum atomic E-state index is 12.4. The molecule has 5 nitrogen and oxygen atoms in total. The Kier molecular flexibility index (Phi) is 6.29. The molecule has 0 amide bonds. The average molecular weight is 486 g/mol. The molecule has 1 unspecified atom stereocenters. The lowest BCUT2D eigenvalue weighted by molar-refractivity contribution is -0.133. The van der Waals surface area contributed by atoms with Crippen LogP contribution in [0.2, 0.25) is 15.1 Å². The first-order valence-electron chi connectivity index (χ1n) is 9.48. The van der Waals surface area contributed by atoms with Gasteiger partial charge in [-0.3, -0.25) is 4.79 Å². The number of carbonyl (C=O) groups is 1. The summed E-state index contributed by atoms with van der Waals surface area (Å²) in [6.07, 6.45) is 0.0770. The van der Waals surface area contributed by atoms with E-state index in [0.29, 0.717) is 31.9 Å². The van der Waals surface area contributed by atoms with Crippen molar-refractivity contribution in [3.63, 3.8) is 0 Å². The van der Waals surface area contributed by atoms with E-state index in [4.69, 9.17) is 50.0 Å². The van der Waals surface area contributed by atoms with Gasteiger partial charge >= 0.3 is 5.97 Å². The second-order valence-corrected chi connectivity index (χ2v) is 8.29. The molecule has 1 aliphatic heterocycles. The number of rotatable bonds is 4. The summed E-state index contributed by atoms with van der Waals surface area (Å²) in [4.78, 5) is 12.4. The van der Waals surface area contributed by atoms with Gasteiger partial charge in [-0.2, -0.15) is 5.26 Å². The van der Waals surface area contributed by atoms with Crippen LogP contribution in [0.15, 0.2) is 72.1 Å². The molecule has 0 aliphatic carbocycles. The van der Waals surface area contributed by atoms with Gasteiger partial charge in [0.1, 0.15) is 23.1 Å². The van der Waals surface area contributed by atoms with Crippen molar-refractivity contribution in [2.75, 3.05) is 0 Å². The monoisotopic (exact) mass is 484 g/mol. The fourth-order valence-electron chi connectivity index (χ4n) is 3.52. The highest BCUT2D eigenvalue weighted by Gasteiger charge is 2.33. The largest absolute Gasteiger partial charge is 0.440 e. The molecule has 0 fully saturated rings. The van der Waals surface area contributed by atoms with Gasteiger partial charge in [0.15, 0.2) is 0 Å². The van der Waals surface area contributed by atoms with Gasteiger partial charge < -0.3 is 15.2 Å². The van der Waals surface area contributed by atoms with Crippen LogP contribution in [-0.4, -0.2) is 5.97 Å². The molecule has 1 aliphatic rings. The lowest BCUT2D eigenvalue weighted by atomic mass is 9.83. The molecule has 0 bridgehead atoms. The van der Waals surface area contributed by atoms with Crippen LogP contribution in [0.5, 0.6) is 11.5 Å². The minimum Gasteiger partial charge on any atom is -0.440 e. The molecule has 0 aromatic heterocycles. The van der Waals surface area contributed by atoms with Crippen LogP contribution in [-0.2, 0) is 11.2 Å². The Hall–Kier alpha value is -3.17. The number of benzene rings is 3. The van der Waals surface area contributed by atoms with Crippen molar-refractivity contribution in [2.45, 2.75) is 12.3 Å². The van der Waals surface area contributed by atoms with Gasteiger partial charge in [-0.25, -0.2) is 0 Å². The molecule has 0 spiro atoms. The molecule has 2 N–H and O–H groups in total. The van der Waals surface area contributed by atoms with Crippen LogP contribution in [0.1, 0.15) is 22.6 Å². The van der Waals surface area contributed by atoms with Crippen LogP contribution in [0.25, 0.3) is 0 Å². The zero-order valence-electron chi connectivity index (χ0n) is 16.4. The number of nitrogens with zero attached hydrogens (tertiary/aromatic N) is 1. The molecule has 1 atom stereocenters. The number of nitrogens with two attached hydrogens (primary N) is 1. The van der Waals surface area contributed by atoms with E-state index in [9.17, 15) is 10.1 Å². The Balaban J connectivity index is 1.65. The summed E-state index contributed by atoms with van der Waals surface area (Å²) in [5.41, 5.74) is 8.17. The van der Waals surface area contributed by atoms with E-state index in [1.807, 2.05) is 0 Å². The summed E-state index contributed by atoms with van der Waals surface area (Å²) in [7, 11) is 0. The Morgan fingerprint density at radius 3 is 2.41 bits per heavy atom. The van der Waals surface area contributed by atoms with Crippen molar-refractivity contribution in [1.82, 2.24) is 0 Å². The second kappa shape index (κ2) is 9.13. The standard InChI is InChI=1S/C24H15Cl3N2O3/c25-14-6-4-13(5-7-14)10-21(30)31-15-8-9-16-20(11-15)32-24(29)17(12-28)22(16)23-18(26)2-1-3-19(23)27/h1-9,11,22H,10,29H2. The summed E-state index contributed by atoms with van der Waals surface area (Å²) in [6.45, 7) is 0. The number of fused-ring (bicyclic) bond motifs is 1. The summed E-state index contributed by atoms with van der Waals surface area (Å²) in [5.74, 6) is -0.511. The molecule has 3 aromatic rings. The number of esters is 1. The molecule has 3 aromatic carbocycles. The summed E-state index contributed by atoms with van der Waals surface area (Å²) in [6, 6.07) is 19.0. The lowest BCUT2D eigenvalue weighted by Crippen LogP contribution is -2.21. The fraction of sp³-hybridized carbons (Fsp3) is 0.0833. The number of hydrogen-bond acceptors (Lipinski definition) is 5. The normalized spacial score (nSPS) is 14.9. The number of hydrogen-bond donors (Lipinski definition) is 1. The maximum absolute atomic E-state index is 12.4. The number of allylic oxidation sites excluding steroid dienone is 1. The Bertz CT molecular complexity index is 1260. The minimum atomic E-state index is -0.622. The summed E-state index contributed by atoms with van der Waals surface area (Å²) >= 11 is 18.7. The third-order valence-corrected chi connectivity index (χ3v) is 5.88. The van der Waals surface area contributed by atoms with Crippen LogP contribution in [0, 0.1) is 11.3 Å². The Morgan fingerprint density at radius 2 is 1.75 bits per heavy atom. The topological polar surface area (TPSA) is 85.3 Å². The van der Waals surface area contributed by atoms with E-state index in [-0.39, 0.29) is 23.6 Å². The fourth-order valence-corrected chi connectivity index (χ4v) is 4.26. The van der Waals surface area contributed by atoms with Gasteiger partial charge in [0.25, 0.3) is 0 Å². The predicted molar refractivity (Wildman–Crippen MR) is 123 cm³/mol. The van der Waals surface area contributed by atoms with Crippen molar-refractivity contribution in [2.24, 2.45) is 5.73 Å². The quantitative estimate of drug-likeness (QED) is 0.361. The van der Waals surface area contributed by atoms with Crippen LogP contribution < -0.4 is 15.2 Å². The average Bonchev–Trinajstić information content (AvgIpc) is 2.75. The SMILES string of the molecule is N#CC1=C(N)Oc2cc(OC(=O)Cc3ccc(Cl)cc3)ccc2C1c1c(Cl)cccc1Cl. The van der Waals surface area contributed by atoms with Crippen molar-refractivity contribution in [3.05, 3.63) is 104 Å². The van der Waals surface area contributed by atoms with Gasteiger partial charge in [0, 0.05) is 32.3 Å². The van der Waals surface area contributed by atoms with Crippen molar-refractivity contribution >= 4 is 40.8 Å². The van der Waals surface area contributed by atoms with Crippen molar-refractivity contribution in [3.8, 4) is 17.6 Å². The lowest BCUT2D eigenvalue weighted by Gasteiger charge is -2.27. The number of halogens is 3. The third-order valence-electron chi connectivity index (χ3n) is 4.97.